The Hall–Kier alpha value is -1.85. The maximum absolute atomic E-state index is 5.83. The van der Waals surface area contributed by atoms with E-state index in [1.807, 2.05) is 36.0 Å². The maximum atomic E-state index is 5.83. The number of nitrogens with zero attached hydrogens (tertiary/aromatic N) is 3. The van der Waals surface area contributed by atoms with Crippen molar-refractivity contribution >= 4 is 22.7 Å². The normalized spacial score (nSPS) is 11.1. The number of para-hydroxylation sites is 1. The first-order valence-electron chi connectivity index (χ1n) is 6.02. The number of imidazole rings is 1. The molecule has 2 aromatic heterocycles. The van der Waals surface area contributed by atoms with Crippen LogP contribution in [0.4, 0.5) is 0 Å². The summed E-state index contributed by atoms with van der Waals surface area (Å²) in [6, 6.07) is 10.2. The molecule has 2 N–H and O–H groups in total. The molecule has 96 valence electrons. The average Bonchev–Trinajstić information content (AvgIpc) is 2.83. The van der Waals surface area contributed by atoms with Crippen LogP contribution in [-0.2, 0) is 13.6 Å². The number of nitrogens with two attached hydrogens (primary N) is 1. The van der Waals surface area contributed by atoms with E-state index in [1.54, 1.807) is 18.0 Å². The fraction of sp³-hybridized carbons (Fsp3) is 0.143. The van der Waals surface area contributed by atoms with E-state index in [2.05, 4.69) is 17.1 Å². The lowest BCUT2D eigenvalue weighted by atomic mass is 10.1. The molecule has 0 bridgehead atoms. The van der Waals surface area contributed by atoms with E-state index in [-0.39, 0.29) is 0 Å². The number of fused-ring (bicyclic) bond motifs is 1. The van der Waals surface area contributed by atoms with Crippen LogP contribution >= 0.6 is 11.8 Å². The summed E-state index contributed by atoms with van der Waals surface area (Å²) in [5.74, 6) is 0. The maximum Gasteiger partial charge on any atom is 0.174 e. The molecule has 5 heteroatoms. The second kappa shape index (κ2) is 5.03. The molecule has 0 radical (unpaired) electrons. The molecule has 0 unspecified atom stereocenters. The lowest BCUT2D eigenvalue weighted by Crippen LogP contribution is -2.01. The van der Waals surface area contributed by atoms with E-state index in [0.29, 0.717) is 6.54 Å². The second-order valence-electron chi connectivity index (χ2n) is 4.27. The highest BCUT2D eigenvalue weighted by Crippen LogP contribution is 2.29. The van der Waals surface area contributed by atoms with E-state index in [9.17, 15) is 0 Å². The van der Waals surface area contributed by atoms with Gasteiger partial charge in [0.1, 0.15) is 5.03 Å². The van der Waals surface area contributed by atoms with Crippen LogP contribution in [0.2, 0.25) is 0 Å². The van der Waals surface area contributed by atoms with Gasteiger partial charge >= 0.3 is 0 Å². The van der Waals surface area contributed by atoms with Crippen LogP contribution in [0.25, 0.3) is 10.9 Å². The van der Waals surface area contributed by atoms with Crippen molar-refractivity contribution in [3.05, 3.63) is 48.3 Å². The molecule has 4 nitrogen and oxygen atoms in total. The first-order valence-corrected chi connectivity index (χ1v) is 6.83. The summed E-state index contributed by atoms with van der Waals surface area (Å²) in [4.78, 5) is 9.00. The zero-order valence-electron chi connectivity index (χ0n) is 10.6. The Morgan fingerprint density at radius 1 is 1.32 bits per heavy atom. The summed E-state index contributed by atoms with van der Waals surface area (Å²) in [6.45, 7) is 0.477. The van der Waals surface area contributed by atoms with Crippen LogP contribution in [0.5, 0.6) is 0 Å². The Morgan fingerprint density at radius 3 is 2.89 bits per heavy atom. The summed E-state index contributed by atoms with van der Waals surface area (Å²) in [7, 11) is 1.97. The predicted octanol–water partition coefficient (Wildman–Crippen LogP) is 2.58. The summed E-state index contributed by atoms with van der Waals surface area (Å²) in [6.07, 6.45) is 3.71. The van der Waals surface area contributed by atoms with Crippen molar-refractivity contribution in [2.24, 2.45) is 12.8 Å². The smallest absolute Gasteiger partial charge is 0.174 e. The molecule has 0 amide bonds. The van der Waals surface area contributed by atoms with Gasteiger partial charge in [-0.25, -0.2) is 9.97 Å². The van der Waals surface area contributed by atoms with Gasteiger partial charge in [-0.05, 0) is 29.5 Å². The third-order valence-electron chi connectivity index (χ3n) is 2.95. The van der Waals surface area contributed by atoms with E-state index in [0.717, 1.165) is 26.6 Å². The first-order chi connectivity index (χ1) is 9.28. The Labute approximate surface area is 115 Å². The number of aryl methyl sites for hydroxylation is 1. The topological polar surface area (TPSA) is 56.7 Å². The highest BCUT2D eigenvalue weighted by atomic mass is 32.2. The number of aromatic nitrogens is 3. The average molecular weight is 270 g/mol. The number of pyridine rings is 1. The van der Waals surface area contributed by atoms with Gasteiger partial charge in [0.15, 0.2) is 5.16 Å². The van der Waals surface area contributed by atoms with Gasteiger partial charge < -0.3 is 10.3 Å². The third-order valence-corrected chi connectivity index (χ3v) is 4.07. The van der Waals surface area contributed by atoms with E-state index in [1.165, 1.54) is 0 Å². The van der Waals surface area contributed by atoms with Crippen molar-refractivity contribution in [3.63, 3.8) is 0 Å². The molecule has 0 spiro atoms. The van der Waals surface area contributed by atoms with Gasteiger partial charge in [0, 0.05) is 31.4 Å². The summed E-state index contributed by atoms with van der Waals surface area (Å²) in [5, 5.41) is 2.96. The summed E-state index contributed by atoms with van der Waals surface area (Å²) >= 11 is 1.55. The van der Waals surface area contributed by atoms with Gasteiger partial charge in [0.25, 0.3) is 0 Å². The van der Waals surface area contributed by atoms with Crippen molar-refractivity contribution in [1.29, 1.82) is 0 Å². The summed E-state index contributed by atoms with van der Waals surface area (Å²) in [5.41, 5.74) is 7.86. The lowest BCUT2D eigenvalue weighted by Gasteiger charge is -2.08. The highest BCUT2D eigenvalue weighted by Gasteiger charge is 2.10. The molecule has 1 aromatic carbocycles. The molecule has 0 aliphatic heterocycles. The number of hydrogen-bond acceptors (Lipinski definition) is 4. The zero-order valence-corrected chi connectivity index (χ0v) is 11.4. The van der Waals surface area contributed by atoms with Crippen molar-refractivity contribution in [2.75, 3.05) is 0 Å². The minimum Gasteiger partial charge on any atom is -0.329 e. The highest BCUT2D eigenvalue weighted by molar-refractivity contribution is 7.99. The van der Waals surface area contributed by atoms with Crippen LogP contribution in [0, 0.1) is 0 Å². The van der Waals surface area contributed by atoms with Gasteiger partial charge in [0.05, 0.1) is 5.52 Å². The number of hydrogen-bond donors (Lipinski definition) is 1. The largest absolute Gasteiger partial charge is 0.329 e. The molecule has 0 aliphatic rings. The van der Waals surface area contributed by atoms with E-state index < -0.39 is 0 Å². The quantitative estimate of drug-likeness (QED) is 0.794. The van der Waals surface area contributed by atoms with Crippen LogP contribution in [0.1, 0.15) is 5.56 Å². The standard InChI is InChI=1S/C14H14N4S/c1-18-7-6-16-14(18)19-13-11(9-15)8-10-4-2-3-5-12(10)17-13/h2-8H,9,15H2,1H3. The van der Waals surface area contributed by atoms with Gasteiger partial charge in [-0.2, -0.15) is 0 Å². The molecule has 3 aromatic rings. The van der Waals surface area contributed by atoms with Crippen molar-refractivity contribution in [1.82, 2.24) is 14.5 Å². The minimum atomic E-state index is 0.477. The number of rotatable bonds is 3. The lowest BCUT2D eigenvalue weighted by molar-refractivity contribution is 0.788. The van der Waals surface area contributed by atoms with Crippen molar-refractivity contribution in [2.45, 2.75) is 16.7 Å². The van der Waals surface area contributed by atoms with Crippen molar-refractivity contribution in [3.8, 4) is 0 Å². The molecular formula is C14H14N4S. The third kappa shape index (κ3) is 2.34. The molecule has 0 atom stereocenters. The molecule has 0 aliphatic carbocycles. The molecule has 3 rings (SSSR count). The Bertz CT molecular complexity index is 720. The predicted molar refractivity (Wildman–Crippen MR) is 77.0 cm³/mol. The first kappa shape index (κ1) is 12.2. The van der Waals surface area contributed by atoms with Gasteiger partial charge in [-0.3, -0.25) is 0 Å². The van der Waals surface area contributed by atoms with Crippen LogP contribution in [0.15, 0.2) is 52.9 Å². The molecular weight excluding hydrogens is 256 g/mol. The second-order valence-corrected chi connectivity index (χ2v) is 5.23. The minimum absolute atomic E-state index is 0.477. The molecule has 2 heterocycles. The molecule has 19 heavy (non-hydrogen) atoms. The zero-order chi connectivity index (χ0) is 13.2. The van der Waals surface area contributed by atoms with Crippen LogP contribution < -0.4 is 5.73 Å². The van der Waals surface area contributed by atoms with Crippen LogP contribution in [0.3, 0.4) is 0 Å². The van der Waals surface area contributed by atoms with Crippen LogP contribution in [-0.4, -0.2) is 14.5 Å². The Kier molecular flexibility index (Phi) is 3.23. The van der Waals surface area contributed by atoms with Gasteiger partial charge in [-0.1, -0.05) is 18.2 Å². The van der Waals surface area contributed by atoms with Gasteiger partial charge in [-0.15, -0.1) is 0 Å². The molecule has 0 saturated carbocycles. The monoisotopic (exact) mass is 270 g/mol. The SMILES string of the molecule is Cn1ccnc1Sc1nc2ccccc2cc1CN. The molecule has 0 fully saturated rings. The number of benzene rings is 1. The Balaban J connectivity index is 2.09. The Morgan fingerprint density at radius 2 is 2.16 bits per heavy atom. The fourth-order valence-electron chi connectivity index (χ4n) is 1.91. The van der Waals surface area contributed by atoms with Crippen molar-refractivity contribution < 1.29 is 0 Å². The summed E-state index contributed by atoms with van der Waals surface area (Å²) < 4.78 is 1.97. The van der Waals surface area contributed by atoms with Gasteiger partial charge in [0.2, 0.25) is 0 Å². The molecule has 0 saturated heterocycles. The van der Waals surface area contributed by atoms with E-state index in [4.69, 9.17) is 10.7 Å². The fourth-order valence-corrected chi connectivity index (χ4v) is 2.82. The van der Waals surface area contributed by atoms with E-state index >= 15 is 0 Å².